The number of likely N-dealkylation sites (N-methyl/N-ethyl adjacent to an activating group) is 1. The molecular weight excluding hydrogens is 246 g/mol. The zero-order valence-corrected chi connectivity index (χ0v) is 10.9. The molecule has 0 spiro atoms. The summed E-state index contributed by atoms with van der Waals surface area (Å²) in [4.78, 5) is 3.97. The molecule has 0 radical (unpaired) electrons. The van der Waals surface area contributed by atoms with E-state index < -0.39 is 11.6 Å². The lowest BCUT2D eigenvalue weighted by atomic mass is 9.89. The van der Waals surface area contributed by atoms with Gasteiger partial charge in [0.2, 0.25) is 0 Å². The highest BCUT2D eigenvalue weighted by Gasteiger charge is 2.22. The van der Waals surface area contributed by atoms with E-state index in [0.717, 1.165) is 11.6 Å². The van der Waals surface area contributed by atoms with Gasteiger partial charge in [-0.15, -0.1) is 0 Å². The Balaban J connectivity index is 2.34. The standard InChI is InChI=1S/C15H16F2N2/c1-10(11-5-7-19-8-6-11)15(18-2)13-4-3-12(16)9-14(13)17/h3-10,15,18H,1-2H3. The molecule has 0 aliphatic carbocycles. The number of nitrogens with one attached hydrogen (secondary N) is 1. The molecule has 4 heteroatoms. The van der Waals surface area contributed by atoms with Crippen molar-refractivity contribution in [3.05, 3.63) is 65.5 Å². The van der Waals surface area contributed by atoms with Gasteiger partial charge in [-0.1, -0.05) is 13.0 Å². The Hall–Kier alpha value is -1.81. The van der Waals surface area contributed by atoms with Crippen molar-refractivity contribution in [1.29, 1.82) is 0 Å². The van der Waals surface area contributed by atoms with Gasteiger partial charge in [0.15, 0.2) is 0 Å². The van der Waals surface area contributed by atoms with Crippen LogP contribution in [0.25, 0.3) is 0 Å². The molecule has 0 aliphatic heterocycles. The predicted octanol–water partition coefficient (Wildman–Crippen LogP) is 3.42. The third kappa shape index (κ3) is 2.96. The van der Waals surface area contributed by atoms with E-state index >= 15 is 0 Å². The van der Waals surface area contributed by atoms with Crippen LogP contribution in [0.3, 0.4) is 0 Å². The zero-order chi connectivity index (χ0) is 13.8. The minimum atomic E-state index is -0.562. The summed E-state index contributed by atoms with van der Waals surface area (Å²) >= 11 is 0. The highest BCUT2D eigenvalue weighted by Crippen LogP contribution is 2.31. The quantitative estimate of drug-likeness (QED) is 0.913. The van der Waals surface area contributed by atoms with Crippen molar-refractivity contribution < 1.29 is 8.78 Å². The number of nitrogens with zero attached hydrogens (tertiary/aromatic N) is 1. The highest BCUT2D eigenvalue weighted by atomic mass is 19.1. The van der Waals surface area contributed by atoms with Crippen LogP contribution in [0.15, 0.2) is 42.7 Å². The summed E-state index contributed by atoms with van der Waals surface area (Å²) in [6.07, 6.45) is 3.42. The normalized spacial score (nSPS) is 14.1. The lowest BCUT2D eigenvalue weighted by molar-refractivity contribution is 0.473. The highest BCUT2D eigenvalue weighted by molar-refractivity contribution is 5.28. The molecule has 19 heavy (non-hydrogen) atoms. The smallest absolute Gasteiger partial charge is 0.130 e. The monoisotopic (exact) mass is 262 g/mol. The maximum absolute atomic E-state index is 13.9. The Bertz CT molecular complexity index is 543. The number of pyridine rings is 1. The minimum Gasteiger partial charge on any atom is -0.312 e. The molecule has 2 nitrogen and oxygen atoms in total. The molecule has 1 heterocycles. The molecule has 0 fully saturated rings. The van der Waals surface area contributed by atoms with Crippen molar-refractivity contribution in [3.63, 3.8) is 0 Å². The zero-order valence-electron chi connectivity index (χ0n) is 10.9. The number of halogens is 2. The molecule has 1 aromatic carbocycles. The average Bonchev–Trinajstić information content (AvgIpc) is 2.42. The lowest BCUT2D eigenvalue weighted by Gasteiger charge is -2.24. The fraction of sp³-hybridized carbons (Fsp3) is 0.267. The van der Waals surface area contributed by atoms with Crippen molar-refractivity contribution in [2.24, 2.45) is 0 Å². The maximum atomic E-state index is 13.9. The summed E-state index contributed by atoms with van der Waals surface area (Å²) in [5.74, 6) is -1.04. The largest absolute Gasteiger partial charge is 0.312 e. The molecule has 1 N–H and O–H groups in total. The Labute approximate surface area is 111 Å². The van der Waals surface area contributed by atoms with Crippen LogP contribution in [0.4, 0.5) is 8.78 Å². The first-order valence-electron chi connectivity index (χ1n) is 6.15. The van der Waals surface area contributed by atoms with E-state index in [1.807, 2.05) is 19.1 Å². The number of rotatable bonds is 4. The maximum Gasteiger partial charge on any atom is 0.130 e. The Morgan fingerprint density at radius 3 is 2.37 bits per heavy atom. The van der Waals surface area contributed by atoms with E-state index in [9.17, 15) is 8.78 Å². The van der Waals surface area contributed by atoms with Gasteiger partial charge in [-0.2, -0.15) is 0 Å². The van der Waals surface area contributed by atoms with Crippen LogP contribution in [0.5, 0.6) is 0 Å². The molecule has 0 saturated carbocycles. The van der Waals surface area contributed by atoms with Crippen LogP contribution in [0, 0.1) is 11.6 Å². The first kappa shape index (κ1) is 13.6. The number of hydrogen-bond acceptors (Lipinski definition) is 2. The summed E-state index contributed by atoms with van der Waals surface area (Å²) in [7, 11) is 1.77. The van der Waals surface area contributed by atoms with E-state index in [4.69, 9.17) is 0 Å². The molecule has 2 rings (SSSR count). The Morgan fingerprint density at radius 2 is 1.79 bits per heavy atom. The molecular formula is C15H16F2N2. The Kier molecular flexibility index (Phi) is 4.22. The molecule has 0 amide bonds. The van der Waals surface area contributed by atoms with Crippen molar-refractivity contribution in [3.8, 4) is 0 Å². The minimum absolute atomic E-state index is 0.0490. The van der Waals surface area contributed by atoms with E-state index in [2.05, 4.69) is 10.3 Å². The molecule has 100 valence electrons. The summed E-state index contributed by atoms with van der Waals surface area (Å²) in [6, 6.07) is 7.26. The molecule has 0 bridgehead atoms. The second-order valence-electron chi connectivity index (χ2n) is 4.50. The van der Waals surface area contributed by atoms with Gasteiger partial charge in [-0.3, -0.25) is 4.98 Å². The molecule has 2 atom stereocenters. The first-order chi connectivity index (χ1) is 9.13. The van der Waals surface area contributed by atoms with Crippen LogP contribution >= 0.6 is 0 Å². The van der Waals surface area contributed by atoms with Gasteiger partial charge in [0, 0.05) is 36.0 Å². The summed E-state index contributed by atoms with van der Waals surface area (Å²) in [5, 5.41) is 3.09. The molecule has 2 unspecified atom stereocenters. The molecule has 0 saturated heterocycles. The predicted molar refractivity (Wildman–Crippen MR) is 70.8 cm³/mol. The van der Waals surface area contributed by atoms with Crippen LogP contribution in [-0.2, 0) is 0 Å². The first-order valence-corrected chi connectivity index (χ1v) is 6.15. The molecule has 2 aromatic rings. The average molecular weight is 262 g/mol. The SMILES string of the molecule is CNC(c1ccc(F)cc1F)C(C)c1ccncc1. The van der Waals surface area contributed by atoms with E-state index in [0.29, 0.717) is 5.56 Å². The second-order valence-corrected chi connectivity index (χ2v) is 4.50. The van der Waals surface area contributed by atoms with Gasteiger partial charge in [0.25, 0.3) is 0 Å². The van der Waals surface area contributed by atoms with Gasteiger partial charge >= 0.3 is 0 Å². The lowest BCUT2D eigenvalue weighted by Crippen LogP contribution is -2.23. The van der Waals surface area contributed by atoms with Crippen LogP contribution < -0.4 is 5.32 Å². The summed E-state index contributed by atoms with van der Waals surface area (Å²) in [5.41, 5.74) is 1.52. The molecule has 1 aromatic heterocycles. The van der Waals surface area contributed by atoms with Crippen molar-refractivity contribution in [2.45, 2.75) is 18.9 Å². The third-order valence-corrected chi connectivity index (χ3v) is 3.34. The Morgan fingerprint density at radius 1 is 1.11 bits per heavy atom. The number of benzene rings is 1. The van der Waals surface area contributed by atoms with E-state index in [1.165, 1.54) is 12.1 Å². The van der Waals surface area contributed by atoms with Crippen LogP contribution in [0.1, 0.15) is 30.0 Å². The van der Waals surface area contributed by atoms with Gasteiger partial charge in [-0.05, 0) is 30.8 Å². The summed E-state index contributed by atoms with van der Waals surface area (Å²) < 4.78 is 26.8. The number of aromatic nitrogens is 1. The van der Waals surface area contributed by atoms with Crippen LogP contribution in [-0.4, -0.2) is 12.0 Å². The number of hydrogen-bond donors (Lipinski definition) is 1. The third-order valence-electron chi connectivity index (χ3n) is 3.34. The molecule has 0 aliphatic rings. The van der Waals surface area contributed by atoms with Crippen molar-refractivity contribution in [2.75, 3.05) is 7.05 Å². The van der Waals surface area contributed by atoms with Gasteiger partial charge < -0.3 is 5.32 Å². The topological polar surface area (TPSA) is 24.9 Å². The van der Waals surface area contributed by atoms with Gasteiger partial charge in [0.1, 0.15) is 11.6 Å². The van der Waals surface area contributed by atoms with E-state index in [-0.39, 0.29) is 12.0 Å². The van der Waals surface area contributed by atoms with Gasteiger partial charge in [-0.25, -0.2) is 8.78 Å². The van der Waals surface area contributed by atoms with E-state index in [1.54, 1.807) is 19.4 Å². The van der Waals surface area contributed by atoms with Gasteiger partial charge in [0.05, 0.1) is 0 Å². The van der Waals surface area contributed by atoms with Crippen molar-refractivity contribution in [1.82, 2.24) is 10.3 Å². The van der Waals surface area contributed by atoms with Crippen molar-refractivity contribution >= 4 is 0 Å². The fourth-order valence-electron chi connectivity index (χ4n) is 2.29. The summed E-state index contributed by atoms with van der Waals surface area (Å²) in [6.45, 7) is 2.00. The fourth-order valence-corrected chi connectivity index (χ4v) is 2.29. The van der Waals surface area contributed by atoms with Crippen LogP contribution in [0.2, 0.25) is 0 Å². The second kappa shape index (κ2) is 5.89.